The van der Waals surface area contributed by atoms with Gasteiger partial charge in [0.05, 0.1) is 63.9 Å². The van der Waals surface area contributed by atoms with Gasteiger partial charge in [-0.1, -0.05) is 48.5 Å². The van der Waals surface area contributed by atoms with Gasteiger partial charge >= 0.3 is 12.4 Å². The van der Waals surface area contributed by atoms with Crippen molar-refractivity contribution in [2.24, 2.45) is 11.3 Å². The summed E-state index contributed by atoms with van der Waals surface area (Å²) in [6, 6.07) is 6.97. The number of likely N-dealkylation sites (tertiary alicyclic amines) is 1. The monoisotopic (exact) mass is 798 g/mol. The third-order valence-electron chi connectivity index (χ3n) is 12.3. The van der Waals surface area contributed by atoms with Crippen molar-refractivity contribution >= 4 is 39.2 Å². The summed E-state index contributed by atoms with van der Waals surface area (Å²) in [6.45, 7) is 5.14. The molecule has 1 saturated carbocycles. The number of carbonyl (C=O) groups is 1. The fraction of sp³-hybridized carbons (Fsp3) is 0.649. The number of alkyl halides is 6. The number of hydrogen-bond donors (Lipinski definition) is 0. The Labute approximate surface area is 312 Å². The van der Waals surface area contributed by atoms with Crippen molar-refractivity contribution in [2.75, 3.05) is 45.5 Å². The average molecular weight is 800 g/mol. The number of fused-ring (bicyclic) bond motifs is 3. The normalized spacial score (nSPS) is 27.2. The molecule has 6 nitrogen and oxygen atoms in total. The molecule has 0 aromatic heterocycles. The molecule has 1 atom stereocenters. The number of benzene rings is 2. The number of carbonyl (C=O) groups excluding carboxylic acids is 1. The third kappa shape index (κ3) is 9.97. The molecule has 0 radical (unpaired) electrons. The van der Waals surface area contributed by atoms with Gasteiger partial charge in [-0.3, -0.25) is 4.79 Å². The minimum absolute atomic E-state index is 0.0948. The zero-order valence-corrected chi connectivity index (χ0v) is 31.6. The van der Waals surface area contributed by atoms with E-state index in [1.54, 1.807) is 11.0 Å². The van der Waals surface area contributed by atoms with Crippen LogP contribution in [0.15, 0.2) is 36.4 Å². The number of amides is 1. The van der Waals surface area contributed by atoms with Gasteiger partial charge in [0.25, 0.3) is 0 Å². The number of halogens is 8. The van der Waals surface area contributed by atoms with Gasteiger partial charge in [0.15, 0.2) is 0 Å². The quantitative estimate of drug-likeness (QED) is 0.159. The van der Waals surface area contributed by atoms with Crippen LogP contribution in [-0.4, -0.2) is 73.8 Å². The number of hydrogen-bond acceptors (Lipinski definition) is 4. The summed E-state index contributed by atoms with van der Waals surface area (Å²) >= 11 is 12.8. The number of nitrogens with zero attached hydrogens (tertiary/aromatic N) is 2. The lowest BCUT2D eigenvalue weighted by Gasteiger charge is -2.58. The van der Waals surface area contributed by atoms with Crippen LogP contribution in [0.4, 0.5) is 26.3 Å². The van der Waals surface area contributed by atoms with E-state index in [0.29, 0.717) is 53.4 Å². The van der Waals surface area contributed by atoms with Crippen LogP contribution in [0.5, 0.6) is 0 Å². The van der Waals surface area contributed by atoms with Crippen molar-refractivity contribution in [3.05, 3.63) is 68.7 Å². The highest BCUT2D eigenvalue weighted by atomic mass is 35.5. The predicted molar refractivity (Wildman–Crippen MR) is 187 cm³/mol. The van der Waals surface area contributed by atoms with Gasteiger partial charge in [-0.15, -0.1) is 0 Å². The lowest BCUT2D eigenvalue weighted by molar-refractivity contribution is -0.946. The van der Waals surface area contributed by atoms with E-state index in [4.69, 9.17) is 36.2 Å². The van der Waals surface area contributed by atoms with Crippen molar-refractivity contribution in [3.63, 3.8) is 0 Å². The standard InChI is InChI=1S/C36H43Cl2F6N2O.CH4O3S/c37-30-8-7-27(23-31(30)38)34(13-18-46-15-10-33(11-16-46,12-17-46)26-5-2-1-3-6-26)9-4-14-45(24-34)32(47)21-25-19-28(35(39,40)41)22-29(20-25)36(42,43)44;1-5(2,3)4/h7-8,19-20,22-23,26H,1-6,9-18,21,24H2;1H3,(H,2,3,4)/q+1;/p-1/t33?,34-,46?;/m1./s1. The van der Waals surface area contributed by atoms with E-state index in [9.17, 15) is 31.1 Å². The SMILES string of the molecule is CS(=O)(=O)[O-].O=C(Cc1cc(C(F)(F)F)cc(C(F)(F)F)c1)N1CCC[C@](CC[N+]23CCC(C4CCCCC4)(CC2)CC3)(c2ccc(Cl)c(Cl)c2)C1. The van der Waals surface area contributed by atoms with Crippen molar-refractivity contribution in [1.29, 1.82) is 0 Å². The Morgan fingerprint density at radius 3 is 1.94 bits per heavy atom. The van der Waals surface area contributed by atoms with E-state index < -0.39 is 51.3 Å². The highest BCUT2D eigenvalue weighted by Crippen LogP contribution is 2.54. The smallest absolute Gasteiger partial charge is 0.416 e. The average Bonchev–Trinajstić information content (AvgIpc) is 3.08. The van der Waals surface area contributed by atoms with Gasteiger partial charge in [0.2, 0.25) is 5.91 Å². The zero-order valence-electron chi connectivity index (χ0n) is 29.2. The fourth-order valence-corrected chi connectivity index (χ4v) is 9.66. The van der Waals surface area contributed by atoms with Crippen molar-refractivity contribution < 1.29 is 48.6 Å². The Morgan fingerprint density at radius 2 is 1.42 bits per heavy atom. The van der Waals surface area contributed by atoms with Crippen LogP contribution in [0.1, 0.15) is 92.9 Å². The Bertz CT molecular complexity index is 1650. The molecule has 1 aliphatic carbocycles. The van der Waals surface area contributed by atoms with Gasteiger partial charge in [-0.25, -0.2) is 8.42 Å². The zero-order chi connectivity index (χ0) is 38.2. The molecule has 0 spiro atoms. The van der Waals surface area contributed by atoms with E-state index in [2.05, 4.69) is 0 Å². The molecule has 290 valence electrons. The molecule has 4 heterocycles. The van der Waals surface area contributed by atoms with Gasteiger partial charge < -0.3 is 13.9 Å². The topological polar surface area (TPSA) is 77.5 Å². The van der Waals surface area contributed by atoms with Crippen LogP contribution < -0.4 is 0 Å². The molecule has 5 fully saturated rings. The largest absolute Gasteiger partial charge is 0.748 e. The van der Waals surface area contributed by atoms with Crippen LogP contribution >= 0.6 is 23.2 Å². The molecule has 15 heteroatoms. The highest BCUT2D eigenvalue weighted by molar-refractivity contribution is 7.84. The molecule has 52 heavy (non-hydrogen) atoms. The van der Waals surface area contributed by atoms with E-state index in [1.165, 1.54) is 51.4 Å². The lowest BCUT2D eigenvalue weighted by Crippen LogP contribution is -2.64. The van der Waals surface area contributed by atoms with Crippen LogP contribution in [0, 0.1) is 11.3 Å². The molecule has 4 saturated heterocycles. The number of piperidine rings is 4. The van der Waals surface area contributed by atoms with Crippen LogP contribution in [0.25, 0.3) is 0 Å². The van der Waals surface area contributed by atoms with Crippen LogP contribution in [0.2, 0.25) is 10.0 Å². The second kappa shape index (κ2) is 15.6. The first-order valence-corrected chi connectivity index (χ1v) is 20.5. The molecule has 7 rings (SSSR count). The maximum Gasteiger partial charge on any atom is 0.416 e. The minimum atomic E-state index is -4.97. The van der Waals surface area contributed by atoms with E-state index in [0.717, 1.165) is 55.0 Å². The van der Waals surface area contributed by atoms with Crippen molar-refractivity contribution in [3.8, 4) is 0 Å². The minimum Gasteiger partial charge on any atom is -0.748 e. The highest BCUT2D eigenvalue weighted by Gasteiger charge is 2.53. The van der Waals surface area contributed by atoms with Crippen LogP contribution in [0.3, 0.4) is 0 Å². The first-order valence-electron chi connectivity index (χ1n) is 17.9. The summed E-state index contributed by atoms with van der Waals surface area (Å²) in [7, 11) is -3.92. The molecule has 2 bridgehead atoms. The van der Waals surface area contributed by atoms with E-state index in [-0.39, 0.29) is 11.6 Å². The van der Waals surface area contributed by atoms with Gasteiger partial charge in [-0.2, -0.15) is 26.3 Å². The van der Waals surface area contributed by atoms with E-state index in [1.807, 2.05) is 12.1 Å². The molecular formula is C37H46Cl2F6N2O4S. The Hall–Kier alpha value is -2.06. The predicted octanol–water partition coefficient (Wildman–Crippen LogP) is 9.27. The molecule has 0 unspecified atom stereocenters. The molecular weight excluding hydrogens is 753 g/mol. The second-order valence-electron chi connectivity index (χ2n) is 15.6. The molecule has 1 amide bonds. The Morgan fingerprint density at radius 1 is 0.865 bits per heavy atom. The van der Waals surface area contributed by atoms with Crippen molar-refractivity contribution in [2.45, 2.75) is 94.8 Å². The van der Waals surface area contributed by atoms with Gasteiger partial charge in [0.1, 0.15) is 0 Å². The molecule has 0 N–H and O–H groups in total. The fourth-order valence-electron chi connectivity index (χ4n) is 9.37. The summed E-state index contributed by atoms with van der Waals surface area (Å²) in [5, 5.41) is 0.836. The summed E-state index contributed by atoms with van der Waals surface area (Å²) in [5.41, 5.74) is -2.14. The van der Waals surface area contributed by atoms with Crippen LogP contribution in [-0.2, 0) is 39.1 Å². The Balaban J connectivity index is 0.000000979. The third-order valence-corrected chi connectivity index (χ3v) is 13.0. The molecule has 2 aromatic rings. The number of rotatable bonds is 7. The first-order chi connectivity index (χ1) is 24.1. The summed E-state index contributed by atoms with van der Waals surface area (Å²) in [4.78, 5) is 15.3. The van der Waals surface area contributed by atoms with Gasteiger partial charge in [-0.05, 0) is 78.5 Å². The Kier molecular flexibility index (Phi) is 12.3. The summed E-state index contributed by atoms with van der Waals surface area (Å²) < 4.78 is 109. The second-order valence-corrected chi connectivity index (χ2v) is 17.8. The molecule has 5 aliphatic rings. The van der Waals surface area contributed by atoms with Crippen molar-refractivity contribution in [1.82, 2.24) is 4.90 Å². The number of quaternary nitrogens is 1. The summed E-state index contributed by atoms with van der Waals surface area (Å²) in [6.07, 6.45) is 2.94. The molecule has 4 aliphatic heterocycles. The maximum atomic E-state index is 13.7. The van der Waals surface area contributed by atoms with E-state index >= 15 is 0 Å². The first kappa shape index (κ1) is 41.1. The maximum absolute atomic E-state index is 13.7. The summed E-state index contributed by atoms with van der Waals surface area (Å²) in [5.74, 6) is 0.366. The van der Waals surface area contributed by atoms with Gasteiger partial charge in [0, 0.05) is 50.4 Å². The molecule has 2 aromatic carbocycles. The lowest BCUT2D eigenvalue weighted by atomic mass is 9.59.